The summed E-state index contributed by atoms with van der Waals surface area (Å²) in [5, 5.41) is 23.4. The molecule has 0 aromatic heterocycles. The van der Waals surface area contributed by atoms with E-state index in [-0.39, 0.29) is 18.5 Å². The fraction of sp³-hybridized carbons (Fsp3) is 0.942. The smallest absolute Gasteiger partial charge is 0.305 e. The molecule has 0 radical (unpaired) electrons. The van der Waals surface area contributed by atoms with Crippen molar-refractivity contribution in [1.29, 1.82) is 0 Å². The molecule has 0 aromatic carbocycles. The normalized spacial score (nSPS) is 12.5. The van der Waals surface area contributed by atoms with Crippen molar-refractivity contribution in [3.63, 3.8) is 0 Å². The molecule has 0 aromatic rings. The molecule has 0 heterocycles. The molecule has 0 aliphatic rings. The predicted octanol–water partition coefficient (Wildman–Crippen LogP) is 22.0. The van der Waals surface area contributed by atoms with E-state index in [9.17, 15) is 19.8 Å². The van der Waals surface area contributed by atoms with E-state index >= 15 is 0 Å². The number of hydrogen-bond acceptors (Lipinski definition) is 5. The first-order valence-corrected chi connectivity index (χ1v) is 34.4. The van der Waals surface area contributed by atoms with Gasteiger partial charge in [-0.1, -0.05) is 347 Å². The van der Waals surface area contributed by atoms with E-state index in [1.54, 1.807) is 0 Å². The molecule has 3 N–H and O–H groups in total. The van der Waals surface area contributed by atoms with Crippen LogP contribution < -0.4 is 5.32 Å². The number of unbranched alkanes of at least 4 members (excludes halogenated alkanes) is 52. The molecule has 0 bridgehead atoms. The van der Waals surface area contributed by atoms with Gasteiger partial charge in [0, 0.05) is 12.8 Å². The number of esters is 1. The molecule has 1 amide bonds. The van der Waals surface area contributed by atoms with Gasteiger partial charge in [-0.05, 0) is 44.9 Å². The van der Waals surface area contributed by atoms with Crippen LogP contribution in [0.3, 0.4) is 0 Å². The molecule has 6 nitrogen and oxygen atoms in total. The van der Waals surface area contributed by atoms with E-state index in [1.165, 1.54) is 315 Å². The van der Waals surface area contributed by atoms with Gasteiger partial charge in [0.05, 0.1) is 25.4 Å². The van der Waals surface area contributed by atoms with Gasteiger partial charge in [0.15, 0.2) is 0 Å². The average Bonchev–Trinajstić information content (AvgIpc) is 3.41. The number of nitrogens with one attached hydrogen (secondary N) is 1. The third-order valence-electron chi connectivity index (χ3n) is 16.3. The van der Waals surface area contributed by atoms with Crippen LogP contribution in [0.4, 0.5) is 0 Å². The number of rotatable bonds is 65. The third-order valence-corrected chi connectivity index (χ3v) is 16.3. The number of aliphatic hydroxyl groups is 2. The number of allylic oxidation sites excluding steroid dienone is 2. The van der Waals surface area contributed by atoms with E-state index in [2.05, 4.69) is 31.3 Å². The fourth-order valence-corrected chi connectivity index (χ4v) is 11.0. The molecule has 0 aliphatic heterocycles. The Morgan fingerprint density at radius 3 is 0.987 bits per heavy atom. The van der Waals surface area contributed by atoms with Gasteiger partial charge in [0.2, 0.25) is 5.91 Å². The largest absolute Gasteiger partial charge is 0.466 e. The van der Waals surface area contributed by atoms with Crippen LogP contribution in [0.1, 0.15) is 393 Å². The number of carbonyl (C=O) groups excluding carboxylic acids is 2. The van der Waals surface area contributed by atoms with Crippen LogP contribution in [0, 0.1) is 0 Å². The summed E-state index contributed by atoms with van der Waals surface area (Å²) < 4.78 is 5.47. The van der Waals surface area contributed by atoms with Crippen LogP contribution in [-0.4, -0.2) is 47.4 Å². The van der Waals surface area contributed by atoms with Gasteiger partial charge >= 0.3 is 5.97 Å². The second-order valence-corrected chi connectivity index (χ2v) is 23.9. The van der Waals surface area contributed by atoms with Crippen molar-refractivity contribution in [2.75, 3.05) is 13.2 Å². The molecular weight excluding hydrogens is 923 g/mol. The highest BCUT2D eigenvalue weighted by Gasteiger charge is 2.20. The summed E-state index contributed by atoms with van der Waals surface area (Å²) in [4.78, 5) is 24.5. The number of hydrogen-bond donors (Lipinski definition) is 3. The summed E-state index contributed by atoms with van der Waals surface area (Å²) in [6, 6.07) is -0.540. The monoisotopic (exact) mass is 1060 g/mol. The lowest BCUT2D eigenvalue weighted by atomic mass is 10.0. The van der Waals surface area contributed by atoms with E-state index in [0.717, 1.165) is 44.9 Å². The Bertz CT molecular complexity index is 1130. The van der Waals surface area contributed by atoms with Crippen molar-refractivity contribution >= 4 is 11.9 Å². The van der Waals surface area contributed by atoms with Crippen LogP contribution in [0.25, 0.3) is 0 Å². The maximum absolute atomic E-state index is 12.5. The first-order chi connectivity index (χ1) is 37.0. The Morgan fingerprint density at radius 1 is 0.360 bits per heavy atom. The van der Waals surface area contributed by atoms with Crippen LogP contribution in [0.2, 0.25) is 0 Å². The molecule has 0 saturated carbocycles. The van der Waals surface area contributed by atoms with Gasteiger partial charge in [0.25, 0.3) is 0 Å². The van der Waals surface area contributed by atoms with Gasteiger partial charge < -0.3 is 20.3 Å². The van der Waals surface area contributed by atoms with E-state index < -0.39 is 12.1 Å². The molecule has 446 valence electrons. The lowest BCUT2D eigenvalue weighted by molar-refractivity contribution is -0.143. The fourth-order valence-electron chi connectivity index (χ4n) is 11.0. The number of carbonyl (C=O) groups is 2. The lowest BCUT2D eigenvalue weighted by Crippen LogP contribution is -2.45. The number of ether oxygens (including phenoxy) is 1. The molecule has 0 rings (SSSR count). The standard InChI is InChI=1S/C69H135NO5/c1-3-5-7-9-11-13-15-16-17-18-19-20-26-29-32-35-38-42-45-49-53-57-61-67(72)66(65-71)70-68(73)62-58-54-50-46-43-39-36-33-30-27-24-22-21-23-25-28-31-34-37-40-44-48-52-56-60-64-75-69(74)63-59-55-51-47-41-14-12-10-8-6-4-2/h10,12,66-67,71-72H,3-9,11,13-65H2,1-2H3,(H,70,73)/b12-10-. The maximum Gasteiger partial charge on any atom is 0.305 e. The summed E-state index contributed by atoms with van der Waals surface area (Å²) in [6.07, 6.45) is 79.7. The lowest BCUT2D eigenvalue weighted by Gasteiger charge is -2.22. The highest BCUT2D eigenvalue weighted by molar-refractivity contribution is 5.76. The van der Waals surface area contributed by atoms with E-state index in [1.807, 2.05) is 0 Å². The molecule has 0 aliphatic carbocycles. The zero-order chi connectivity index (χ0) is 54.3. The topological polar surface area (TPSA) is 95.9 Å². The zero-order valence-corrected chi connectivity index (χ0v) is 51.1. The van der Waals surface area contributed by atoms with Crippen molar-refractivity contribution in [3.05, 3.63) is 12.2 Å². The maximum atomic E-state index is 12.5. The Labute approximate surface area is 469 Å². The third kappa shape index (κ3) is 61.7. The van der Waals surface area contributed by atoms with E-state index in [4.69, 9.17) is 4.74 Å². The Balaban J connectivity index is 3.36. The Hall–Kier alpha value is -1.40. The Morgan fingerprint density at radius 2 is 0.640 bits per heavy atom. The molecule has 0 saturated heterocycles. The second-order valence-electron chi connectivity index (χ2n) is 23.9. The molecule has 2 atom stereocenters. The van der Waals surface area contributed by atoms with E-state index in [0.29, 0.717) is 25.9 Å². The van der Waals surface area contributed by atoms with Gasteiger partial charge in [0.1, 0.15) is 0 Å². The molecular formula is C69H135NO5. The van der Waals surface area contributed by atoms with Crippen molar-refractivity contribution < 1.29 is 24.5 Å². The van der Waals surface area contributed by atoms with Crippen molar-refractivity contribution in [2.24, 2.45) is 0 Å². The first-order valence-electron chi connectivity index (χ1n) is 34.4. The minimum absolute atomic E-state index is 0.00624. The zero-order valence-electron chi connectivity index (χ0n) is 51.1. The quantitative estimate of drug-likeness (QED) is 0.0320. The predicted molar refractivity (Wildman–Crippen MR) is 329 cm³/mol. The molecule has 75 heavy (non-hydrogen) atoms. The minimum atomic E-state index is -0.664. The van der Waals surface area contributed by atoms with Gasteiger partial charge in [-0.3, -0.25) is 9.59 Å². The summed E-state index contributed by atoms with van der Waals surface area (Å²) in [7, 11) is 0. The van der Waals surface area contributed by atoms with Crippen molar-refractivity contribution in [3.8, 4) is 0 Å². The van der Waals surface area contributed by atoms with Crippen LogP contribution in [-0.2, 0) is 14.3 Å². The minimum Gasteiger partial charge on any atom is -0.466 e. The number of aliphatic hydroxyl groups excluding tert-OH is 2. The summed E-state index contributed by atoms with van der Waals surface area (Å²) >= 11 is 0. The molecule has 6 heteroatoms. The summed E-state index contributed by atoms with van der Waals surface area (Å²) in [5.41, 5.74) is 0. The highest BCUT2D eigenvalue weighted by atomic mass is 16.5. The SMILES string of the molecule is CCCC/C=C\CCCCCCCC(=O)OCCCCCCCCCCCCCCCCCCCCCCCCCCCC(=O)NC(CO)C(O)CCCCCCCCCCCCCCCCCCCCCCCC. The summed E-state index contributed by atoms with van der Waals surface area (Å²) in [5.74, 6) is -0.0221. The molecule has 2 unspecified atom stereocenters. The highest BCUT2D eigenvalue weighted by Crippen LogP contribution is 2.19. The average molecular weight is 1060 g/mol. The van der Waals surface area contributed by atoms with Gasteiger partial charge in [-0.25, -0.2) is 0 Å². The van der Waals surface area contributed by atoms with Gasteiger partial charge in [-0.2, -0.15) is 0 Å². The molecule has 0 spiro atoms. The number of amides is 1. The van der Waals surface area contributed by atoms with Gasteiger partial charge in [-0.15, -0.1) is 0 Å². The Kier molecular flexibility index (Phi) is 63.9. The van der Waals surface area contributed by atoms with Crippen molar-refractivity contribution in [1.82, 2.24) is 5.32 Å². The van der Waals surface area contributed by atoms with Crippen molar-refractivity contribution in [2.45, 2.75) is 405 Å². The van der Waals surface area contributed by atoms with Crippen LogP contribution in [0.5, 0.6) is 0 Å². The second kappa shape index (κ2) is 65.1. The van der Waals surface area contributed by atoms with Crippen LogP contribution in [0.15, 0.2) is 12.2 Å². The molecule has 0 fully saturated rings. The first kappa shape index (κ1) is 73.6. The van der Waals surface area contributed by atoms with Crippen LogP contribution >= 0.6 is 0 Å². The summed E-state index contributed by atoms with van der Waals surface area (Å²) in [6.45, 7) is 4.95.